The molecule has 1 amide bonds. The molecule has 0 fully saturated rings. The van der Waals surface area contributed by atoms with Crippen LogP contribution in [0.25, 0.3) is 0 Å². The van der Waals surface area contributed by atoms with Crippen molar-refractivity contribution in [1.29, 1.82) is 0 Å². The Morgan fingerprint density at radius 2 is 2.10 bits per heavy atom. The van der Waals surface area contributed by atoms with Gasteiger partial charge in [0.1, 0.15) is 6.04 Å². The Bertz CT molecular complexity index is 476. The molecule has 0 spiro atoms. The van der Waals surface area contributed by atoms with Crippen molar-refractivity contribution in [3.63, 3.8) is 0 Å². The van der Waals surface area contributed by atoms with E-state index in [1.54, 1.807) is 31.9 Å². The Morgan fingerprint density at radius 1 is 1.45 bits per heavy atom. The van der Waals surface area contributed by atoms with E-state index in [9.17, 15) is 9.59 Å². The molecule has 0 aliphatic heterocycles. The Hall–Kier alpha value is -1.11. The zero-order valence-electron chi connectivity index (χ0n) is 11.7. The third kappa shape index (κ3) is 5.11. The maximum absolute atomic E-state index is 11.9. The summed E-state index contributed by atoms with van der Waals surface area (Å²) in [7, 11) is 1.68. The van der Waals surface area contributed by atoms with Crippen LogP contribution in [-0.2, 0) is 16.1 Å². The molecular formula is C13H19ClN2O3S. The first-order valence-corrected chi connectivity index (χ1v) is 7.45. The predicted octanol–water partition coefficient (Wildman–Crippen LogP) is 2.06. The summed E-state index contributed by atoms with van der Waals surface area (Å²) in [6, 6.07) is 2.94. The van der Waals surface area contributed by atoms with Gasteiger partial charge in [0, 0.05) is 11.9 Å². The van der Waals surface area contributed by atoms with Crippen LogP contribution in [0.4, 0.5) is 0 Å². The summed E-state index contributed by atoms with van der Waals surface area (Å²) in [5.74, 6) is -1.18. The van der Waals surface area contributed by atoms with Crippen molar-refractivity contribution in [2.75, 3.05) is 13.6 Å². The normalized spacial score (nSPS) is 12.4. The summed E-state index contributed by atoms with van der Waals surface area (Å²) in [5, 5.41) is 11.8. The number of halogens is 1. The van der Waals surface area contributed by atoms with Crippen LogP contribution < -0.4 is 5.32 Å². The van der Waals surface area contributed by atoms with Crippen LogP contribution in [0.2, 0.25) is 4.34 Å². The van der Waals surface area contributed by atoms with E-state index >= 15 is 0 Å². The molecular weight excluding hydrogens is 300 g/mol. The third-order valence-corrected chi connectivity index (χ3v) is 4.07. The van der Waals surface area contributed by atoms with Gasteiger partial charge in [0.05, 0.1) is 17.4 Å². The molecule has 2 N–H and O–H groups in total. The summed E-state index contributed by atoms with van der Waals surface area (Å²) in [6.45, 7) is 4.07. The van der Waals surface area contributed by atoms with Gasteiger partial charge in [0.2, 0.25) is 5.91 Å². The zero-order chi connectivity index (χ0) is 15.3. The van der Waals surface area contributed by atoms with Crippen LogP contribution in [0.5, 0.6) is 0 Å². The third-order valence-electron chi connectivity index (χ3n) is 2.85. The number of carboxylic acids is 1. The number of likely N-dealkylation sites (N-methyl/N-ethyl adjacent to an activating group) is 1. The van der Waals surface area contributed by atoms with Gasteiger partial charge in [-0.15, -0.1) is 11.3 Å². The minimum atomic E-state index is -0.944. The minimum Gasteiger partial charge on any atom is -0.480 e. The van der Waals surface area contributed by atoms with Crippen LogP contribution in [0, 0.1) is 5.92 Å². The number of thiophene rings is 1. The molecule has 112 valence electrons. The molecule has 0 aliphatic carbocycles. The van der Waals surface area contributed by atoms with Gasteiger partial charge in [0.25, 0.3) is 0 Å². The largest absolute Gasteiger partial charge is 0.480 e. The number of aliphatic carboxylic acids is 1. The fraction of sp³-hybridized carbons (Fsp3) is 0.538. The summed E-state index contributed by atoms with van der Waals surface area (Å²) >= 11 is 7.26. The quantitative estimate of drug-likeness (QED) is 0.807. The Morgan fingerprint density at radius 3 is 2.55 bits per heavy atom. The van der Waals surface area contributed by atoms with Crippen LogP contribution in [-0.4, -0.2) is 41.5 Å². The van der Waals surface area contributed by atoms with E-state index in [1.807, 2.05) is 6.07 Å². The predicted molar refractivity (Wildman–Crippen MR) is 80.1 cm³/mol. The van der Waals surface area contributed by atoms with Crippen molar-refractivity contribution in [2.45, 2.75) is 26.4 Å². The highest BCUT2D eigenvalue weighted by molar-refractivity contribution is 7.16. The van der Waals surface area contributed by atoms with E-state index in [-0.39, 0.29) is 18.4 Å². The van der Waals surface area contributed by atoms with Crippen LogP contribution in [0.1, 0.15) is 18.7 Å². The maximum Gasteiger partial charge on any atom is 0.320 e. The Kier molecular flexibility index (Phi) is 6.45. The minimum absolute atomic E-state index is 0.00472. The molecule has 7 heteroatoms. The lowest BCUT2D eigenvalue weighted by Crippen LogP contribution is -2.46. The molecule has 5 nitrogen and oxygen atoms in total. The van der Waals surface area contributed by atoms with Gasteiger partial charge in [-0.25, -0.2) is 0 Å². The number of rotatable bonds is 7. The number of nitrogens with zero attached hydrogens (tertiary/aromatic N) is 1. The van der Waals surface area contributed by atoms with E-state index in [0.29, 0.717) is 10.9 Å². The molecule has 0 aromatic carbocycles. The molecule has 1 aromatic heterocycles. The van der Waals surface area contributed by atoms with Crippen molar-refractivity contribution >= 4 is 34.8 Å². The molecule has 0 aliphatic rings. The lowest BCUT2D eigenvalue weighted by Gasteiger charge is -2.21. The molecule has 1 atom stereocenters. The topological polar surface area (TPSA) is 69.6 Å². The van der Waals surface area contributed by atoms with Gasteiger partial charge < -0.3 is 10.0 Å². The standard InChI is InChI=1S/C13H19ClN2O3S/c1-8(2)12(13(18)19)15-6-11(17)16(3)7-9-4-5-10(14)20-9/h4-5,8,12,15H,6-7H2,1-3H3,(H,18,19). The number of amides is 1. The van der Waals surface area contributed by atoms with E-state index in [4.69, 9.17) is 16.7 Å². The number of carbonyl (C=O) groups is 2. The fourth-order valence-electron chi connectivity index (χ4n) is 1.70. The van der Waals surface area contributed by atoms with E-state index < -0.39 is 12.0 Å². The maximum atomic E-state index is 11.9. The first kappa shape index (κ1) is 16.9. The number of carbonyl (C=O) groups excluding carboxylic acids is 1. The summed E-state index contributed by atoms with van der Waals surface area (Å²) in [4.78, 5) is 25.5. The molecule has 1 heterocycles. The lowest BCUT2D eigenvalue weighted by atomic mass is 10.1. The van der Waals surface area contributed by atoms with E-state index in [2.05, 4.69) is 5.32 Å². The Labute approximate surface area is 127 Å². The van der Waals surface area contributed by atoms with Crippen molar-refractivity contribution in [1.82, 2.24) is 10.2 Å². The fourth-order valence-corrected chi connectivity index (χ4v) is 2.84. The number of hydrogen-bond donors (Lipinski definition) is 2. The van der Waals surface area contributed by atoms with Crippen LogP contribution in [0.15, 0.2) is 12.1 Å². The summed E-state index contributed by atoms with van der Waals surface area (Å²) in [6.07, 6.45) is 0. The van der Waals surface area contributed by atoms with E-state index in [1.165, 1.54) is 11.3 Å². The number of carboxylic acid groups (broad SMARTS) is 1. The highest BCUT2D eigenvalue weighted by Crippen LogP contribution is 2.22. The van der Waals surface area contributed by atoms with Crippen molar-refractivity contribution in [3.8, 4) is 0 Å². The van der Waals surface area contributed by atoms with Gasteiger partial charge in [-0.05, 0) is 18.1 Å². The first-order chi connectivity index (χ1) is 9.31. The molecule has 0 saturated heterocycles. The molecule has 0 radical (unpaired) electrons. The van der Waals surface area contributed by atoms with Gasteiger partial charge in [-0.3, -0.25) is 14.9 Å². The Balaban J connectivity index is 2.47. The molecule has 0 saturated carbocycles. The second-order valence-corrected chi connectivity index (χ2v) is 6.70. The highest BCUT2D eigenvalue weighted by Gasteiger charge is 2.22. The smallest absolute Gasteiger partial charge is 0.320 e. The van der Waals surface area contributed by atoms with Gasteiger partial charge in [-0.2, -0.15) is 0 Å². The summed E-state index contributed by atoms with van der Waals surface area (Å²) in [5.41, 5.74) is 0. The lowest BCUT2D eigenvalue weighted by molar-refractivity contribution is -0.141. The monoisotopic (exact) mass is 318 g/mol. The molecule has 0 bridgehead atoms. The van der Waals surface area contributed by atoms with Crippen LogP contribution in [0.3, 0.4) is 0 Å². The zero-order valence-corrected chi connectivity index (χ0v) is 13.3. The molecule has 1 aromatic rings. The number of nitrogens with one attached hydrogen (secondary N) is 1. The average Bonchev–Trinajstić information content (AvgIpc) is 2.73. The van der Waals surface area contributed by atoms with Gasteiger partial charge in [-0.1, -0.05) is 25.4 Å². The van der Waals surface area contributed by atoms with Crippen molar-refractivity contribution in [2.24, 2.45) is 5.92 Å². The first-order valence-electron chi connectivity index (χ1n) is 6.25. The summed E-state index contributed by atoms with van der Waals surface area (Å²) < 4.78 is 0.685. The van der Waals surface area contributed by atoms with Crippen molar-refractivity contribution < 1.29 is 14.7 Å². The molecule has 1 unspecified atom stereocenters. The van der Waals surface area contributed by atoms with Gasteiger partial charge in [0.15, 0.2) is 0 Å². The average molecular weight is 319 g/mol. The van der Waals surface area contributed by atoms with Crippen LogP contribution >= 0.6 is 22.9 Å². The second-order valence-electron chi connectivity index (χ2n) is 4.90. The molecule has 1 rings (SSSR count). The number of hydrogen-bond acceptors (Lipinski definition) is 4. The van der Waals surface area contributed by atoms with Crippen molar-refractivity contribution in [3.05, 3.63) is 21.3 Å². The SMILES string of the molecule is CC(C)C(NCC(=O)N(C)Cc1ccc(Cl)s1)C(=O)O. The second kappa shape index (κ2) is 7.61. The van der Waals surface area contributed by atoms with E-state index in [0.717, 1.165) is 4.88 Å². The molecule has 20 heavy (non-hydrogen) atoms. The highest BCUT2D eigenvalue weighted by atomic mass is 35.5. The van der Waals surface area contributed by atoms with Gasteiger partial charge >= 0.3 is 5.97 Å².